The first kappa shape index (κ1) is 18.8. The molecule has 0 bridgehead atoms. The van der Waals surface area contributed by atoms with Crippen molar-refractivity contribution < 1.29 is 22.4 Å². The molecule has 0 unspecified atom stereocenters. The standard InChI is InChI=1S/C21H19F3N4O2/c22-21(23,24)18-10-15(17-6-3-9-30-17)25-19-11-16(26-28(18)19)20(29)27-8-7-13-4-1-2-5-14(13)12-27/h1-6,9,11,15,18,25H,7-8,10,12H2/t15-,18-/m0/s1. The maximum atomic E-state index is 13.8. The first-order valence-corrected chi connectivity index (χ1v) is 9.72. The highest BCUT2D eigenvalue weighted by Gasteiger charge is 2.47. The second-order valence-corrected chi connectivity index (χ2v) is 7.61. The van der Waals surface area contributed by atoms with Crippen LogP contribution in [0.1, 0.15) is 45.9 Å². The van der Waals surface area contributed by atoms with Gasteiger partial charge in [0.25, 0.3) is 5.91 Å². The van der Waals surface area contributed by atoms with Crippen LogP contribution >= 0.6 is 0 Å². The van der Waals surface area contributed by atoms with Crippen molar-refractivity contribution in [3.8, 4) is 0 Å². The third-order valence-corrected chi connectivity index (χ3v) is 5.71. The molecule has 6 nitrogen and oxygen atoms in total. The molecule has 156 valence electrons. The SMILES string of the molecule is O=C(c1cc2n(n1)[C@H](C(F)(F)F)C[C@@H](c1ccco1)N2)N1CCc2ccccc2C1. The van der Waals surface area contributed by atoms with Gasteiger partial charge in [-0.05, 0) is 29.7 Å². The third kappa shape index (κ3) is 3.24. The minimum absolute atomic E-state index is 0.00576. The van der Waals surface area contributed by atoms with Gasteiger partial charge in [-0.25, -0.2) is 4.68 Å². The average molecular weight is 416 g/mol. The zero-order valence-corrected chi connectivity index (χ0v) is 15.9. The first-order chi connectivity index (χ1) is 14.4. The van der Waals surface area contributed by atoms with Crippen molar-refractivity contribution in [3.05, 3.63) is 71.3 Å². The van der Waals surface area contributed by atoms with E-state index in [2.05, 4.69) is 10.4 Å². The number of furan rings is 1. The van der Waals surface area contributed by atoms with Gasteiger partial charge in [0.1, 0.15) is 11.6 Å². The number of benzene rings is 1. The fourth-order valence-corrected chi connectivity index (χ4v) is 4.19. The van der Waals surface area contributed by atoms with Gasteiger partial charge >= 0.3 is 6.18 Å². The predicted molar refractivity (Wildman–Crippen MR) is 102 cm³/mol. The molecule has 0 spiro atoms. The third-order valence-electron chi connectivity index (χ3n) is 5.71. The Bertz CT molecular complexity index is 1070. The Kier molecular flexibility index (Phi) is 4.34. The summed E-state index contributed by atoms with van der Waals surface area (Å²) < 4.78 is 47.4. The zero-order valence-electron chi connectivity index (χ0n) is 15.9. The molecule has 0 radical (unpaired) electrons. The number of alkyl halides is 3. The molecule has 3 aromatic rings. The van der Waals surface area contributed by atoms with E-state index < -0.39 is 18.3 Å². The van der Waals surface area contributed by atoms with Crippen LogP contribution in [0.5, 0.6) is 0 Å². The lowest BCUT2D eigenvalue weighted by atomic mass is 10.00. The van der Waals surface area contributed by atoms with Crippen LogP contribution in [0.2, 0.25) is 0 Å². The van der Waals surface area contributed by atoms with E-state index >= 15 is 0 Å². The topological polar surface area (TPSA) is 63.3 Å². The summed E-state index contributed by atoms with van der Waals surface area (Å²) in [6.45, 7) is 0.922. The molecular formula is C21H19F3N4O2. The molecule has 0 fully saturated rings. The van der Waals surface area contributed by atoms with Gasteiger partial charge < -0.3 is 14.6 Å². The maximum absolute atomic E-state index is 13.8. The minimum atomic E-state index is -4.50. The number of nitrogens with one attached hydrogen (secondary N) is 1. The summed E-state index contributed by atoms with van der Waals surface area (Å²) in [7, 11) is 0. The molecule has 2 aliphatic heterocycles. The van der Waals surface area contributed by atoms with E-state index in [-0.39, 0.29) is 23.8 Å². The van der Waals surface area contributed by atoms with Crippen LogP contribution in [0, 0.1) is 0 Å². The fraction of sp³-hybridized carbons (Fsp3) is 0.333. The second kappa shape index (κ2) is 6.93. The largest absolute Gasteiger partial charge is 0.467 e. The summed E-state index contributed by atoms with van der Waals surface area (Å²) in [6.07, 6.45) is -2.64. The molecule has 4 heterocycles. The quantitative estimate of drug-likeness (QED) is 0.675. The molecule has 30 heavy (non-hydrogen) atoms. The fourth-order valence-electron chi connectivity index (χ4n) is 4.19. The molecule has 0 aliphatic carbocycles. The summed E-state index contributed by atoms with van der Waals surface area (Å²) in [6, 6.07) is 10.0. The Balaban J connectivity index is 1.44. The Morgan fingerprint density at radius 2 is 1.97 bits per heavy atom. The van der Waals surface area contributed by atoms with E-state index in [4.69, 9.17) is 4.42 Å². The van der Waals surface area contributed by atoms with Crippen molar-refractivity contribution in [2.24, 2.45) is 0 Å². The van der Waals surface area contributed by atoms with Crippen molar-refractivity contribution >= 4 is 11.7 Å². The van der Waals surface area contributed by atoms with Gasteiger partial charge in [0.15, 0.2) is 11.7 Å². The lowest BCUT2D eigenvalue weighted by Gasteiger charge is -2.32. The number of nitrogens with zero attached hydrogens (tertiary/aromatic N) is 3. The van der Waals surface area contributed by atoms with Crippen LogP contribution < -0.4 is 5.32 Å². The summed E-state index contributed by atoms with van der Waals surface area (Å²) in [5, 5.41) is 7.09. The molecule has 1 amide bonds. The highest BCUT2D eigenvalue weighted by Crippen LogP contribution is 2.43. The van der Waals surface area contributed by atoms with E-state index in [1.165, 1.54) is 17.9 Å². The van der Waals surface area contributed by atoms with Crippen molar-refractivity contribution in [1.82, 2.24) is 14.7 Å². The second-order valence-electron chi connectivity index (χ2n) is 7.61. The van der Waals surface area contributed by atoms with Crippen LogP contribution in [0.3, 0.4) is 0 Å². The van der Waals surface area contributed by atoms with Crippen molar-refractivity contribution in [2.75, 3.05) is 11.9 Å². The van der Waals surface area contributed by atoms with E-state index in [9.17, 15) is 18.0 Å². The molecule has 2 aromatic heterocycles. The van der Waals surface area contributed by atoms with Crippen molar-refractivity contribution in [3.63, 3.8) is 0 Å². The molecule has 1 N–H and O–H groups in total. The number of rotatable bonds is 2. The first-order valence-electron chi connectivity index (χ1n) is 9.72. The number of fused-ring (bicyclic) bond motifs is 2. The van der Waals surface area contributed by atoms with Gasteiger partial charge in [0.05, 0.1) is 12.3 Å². The Morgan fingerprint density at radius 3 is 2.70 bits per heavy atom. The number of amides is 1. The average Bonchev–Trinajstić information content (AvgIpc) is 3.41. The van der Waals surface area contributed by atoms with E-state index in [1.807, 2.05) is 24.3 Å². The summed E-state index contributed by atoms with van der Waals surface area (Å²) in [5.41, 5.74) is 2.24. The smallest absolute Gasteiger partial charge is 0.410 e. The van der Waals surface area contributed by atoms with Crippen LogP contribution in [-0.2, 0) is 13.0 Å². The lowest BCUT2D eigenvalue weighted by Crippen LogP contribution is -2.37. The monoisotopic (exact) mass is 416 g/mol. The molecular weight excluding hydrogens is 397 g/mol. The van der Waals surface area contributed by atoms with Crippen LogP contribution in [-0.4, -0.2) is 33.3 Å². The number of carbonyl (C=O) groups is 1. The van der Waals surface area contributed by atoms with Gasteiger partial charge in [0.2, 0.25) is 0 Å². The lowest BCUT2D eigenvalue weighted by molar-refractivity contribution is -0.174. The molecule has 0 saturated heterocycles. The normalized spacial score (nSPS) is 21.0. The highest BCUT2D eigenvalue weighted by molar-refractivity contribution is 5.93. The number of hydrogen-bond donors (Lipinski definition) is 1. The summed E-state index contributed by atoms with van der Waals surface area (Å²) in [4.78, 5) is 14.6. The predicted octanol–water partition coefficient (Wildman–Crippen LogP) is 4.33. The molecule has 1 aromatic carbocycles. The van der Waals surface area contributed by atoms with Gasteiger partial charge in [-0.1, -0.05) is 24.3 Å². The number of anilines is 1. The van der Waals surface area contributed by atoms with Crippen LogP contribution in [0.15, 0.2) is 53.1 Å². The van der Waals surface area contributed by atoms with E-state index in [0.717, 1.165) is 10.2 Å². The van der Waals surface area contributed by atoms with Gasteiger partial charge in [0, 0.05) is 25.6 Å². The van der Waals surface area contributed by atoms with Gasteiger partial charge in [-0.15, -0.1) is 0 Å². The number of hydrogen-bond acceptors (Lipinski definition) is 4. The summed E-state index contributed by atoms with van der Waals surface area (Å²) >= 11 is 0. The molecule has 2 atom stereocenters. The Labute approximate surface area is 170 Å². The van der Waals surface area contributed by atoms with Crippen LogP contribution in [0.25, 0.3) is 0 Å². The molecule has 9 heteroatoms. The highest BCUT2D eigenvalue weighted by atomic mass is 19.4. The van der Waals surface area contributed by atoms with E-state index in [1.54, 1.807) is 17.0 Å². The van der Waals surface area contributed by atoms with Crippen molar-refractivity contribution in [2.45, 2.75) is 37.6 Å². The Morgan fingerprint density at radius 1 is 1.17 bits per heavy atom. The van der Waals surface area contributed by atoms with Crippen molar-refractivity contribution in [1.29, 1.82) is 0 Å². The number of halogens is 3. The van der Waals surface area contributed by atoms with Gasteiger partial charge in [-0.2, -0.15) is 18.3 Å². The maximum Gasteiger partial charge on any atom is 0.410 e. The van der Waals surface area contributed by atoms with Gasteiger partial charge in [-0.3, -0.25) is 4.79 Å². The number of carbonyl (C=O) groups excluding carboxylic acids is 1. The zero-order chi connectivity index (χ0) is 20.9. The molecule has 2 aliphatic rings. The minimum Gasteiger partial charge on any atom is -0.467 e. The number of aromatic nitrogens is 2. The molecule has 5 rings (SSSR count). The van der Waals surface area contributed by atoms with E-state index in [0.29, 0.717) is 25.3 Å². The summed E-state index contributed by atoms with van der Waals surface area (Å²) in [5.74, 6) is 0.201. The molecule has 0 saturated carbocycles. The van der Waals surface area contributed by atoms with Crippen LogP contribution in [0.4, 0.5) is 19.0 Å². The Hall–Kier alpha value is -3.23.